The molecule has 1 saturated heterocycles. The van der Waals surface area contributed by atoms with Gasteiger partial charge in [0.1, 0.15) is 5.82 Å². The summed E-state index contributed by atoms with van der Waals surface area (Å²) < 4.78 is 35.7. The van der Waals surface area contributed by atoms with Crippen LogP contribution in [-0.4, -0.2) is 69.0 Å². The first-order valence-electron chi connectivity index (χ1n) is 11.7. The van der Waals surface area contributed by atoms with Crippen LogP contribution in [0.15, 0.2) is 47.0 Å². The molecule has 1 unspecified atom stereocenters. The molecule has 0 aliphatic carbocycles. The monoisotopic (exact) mass is 495 g/mol. The third-order valence-electron chi connectivity index (χ3n) is 6.46. The molecule has 4 aromatic rings. The van der Waals surface area contributed by atoms with E-state index in [1.807, 2.05) is 32.3 Å². The van der Waals surface area contributed by atoms with E-state index in [1.165, 1.54) is 13.0 Å². The van der Waals surface area contributed by atoms with Gasteiger partial charge in [-0.05, 0) is 44.3 Å². The summed E-state index contributed by atoms with van der Waals surface area (Å²) in [7, 11) is 3.86. The molecule has 3 heterocycles. The lowest BCUT2D eigenvalue weighted by Crippen LogP contribution is -2.52. The van der Waals surface area contributed by atoms with Crippen LogP contribution < -0.4 is 4.90 Å². The van der Waals surface area contributed by atoms with E-state index in [0.29, 0.717) is 29.9 Å². The molecule has 1 aliphatic rings. The highest BCUT2D eigenvalue weighted by Crippen LogP contribution is 2.28. The van der Waals surface area contributed by atoms with Crippen LogP contribution in [0.25, 0.3) is 22.4 Å². The third-order valence-corrected chi connectivity index (χ3v) is 6.46. The zero-order valence-corrected chi connectivity index (χ0v) is 20.4. The number of hydrogen-bond donors (Lipinski definition) is 0. The Hall–Kier alpha value is -3.86. The molecule has 1 fully saturated rings. The number of rotatable bonds is 5. The number of carbonyl (C=O) groups is 1. The molecule has 2 aromatic carbocycles. The van der Waals surface area contributed by atoms with Gasteiger partial charge in [0.2, 0.25) is 5.89 Å². The molecule has 0 saturated carbocycles. The Bertz CT molecular complexity index is 1390. The number of piperazine rings is 1. The molecule has 11 heteroatoms. The molecule has 2 amide bonds. The van der Waals surface area contributed by atoms with E-state index < -0.39 is 12.0 Å². The maximum atomic E-state index is 15.3. The van der Waals surface area contributed by atoms with Gasteiger partial charge in [-0.3, -0.25) is 9.58 Å². The molecular weight excluding hydrogens is 468 g/mol. The number of fused-ring (bicyclic) bond motifs is 1. The van der Waals surface area contributed by atoms with Gasteiger partial charge in [-0.25, -0.2) is 13.6 Å². The number of likely N-dealkylation sites (N-methyl/N-ethyl adjacent to an activating group) is 1. The molecule has 0 N–H and O–H groups in total. The lowest BCUT2D eigenvalue weighted by atomic mass is 10.1. The van der Waals surface area contributed by atoms with Crippen molar-refractivity contribution in [3.05, 3.63) is 59.9 Å². The first kappa shape index (κ1) is 23.9. The van der Waals surface area contributed by atoms with Gasteiger partial charge in [-0.15, -0.1) is 10.2 Å². The summed E-state index contributed by atoms with van der Waals surface area (Å²) in [6.45, 7) is 4.04. The molecular formula is C25H27F2N7O2. The van der Waals surface area contributed by atoms with Crippen LogP contribution >= 0.6 is 0 Å². The highest BCUT2D eigenvalue weighted by molar-refractivity contribution is 5.94. The lowest BCUT2D eigenvalue weighted by Gasteiger charge is -2.36. The number of hydrogen-bond acceptors (Lipinski definition) is 6. The van der Waals surface area contributed by atoms with Gasteiger partial charge in [0.15, 0.2) is 6.17 Å². The summed E-state index contributed by atoms with van der Waals surface area (Å²) in [5, 5.41) is 12.7. The van der Waals surface area contributed by atoms with Crippen molar-refractivity contribution in [1.82, 2.24) is 29.8 Å². The Morgan fingerprint density at radius 1 is 1.11 bits per heavy atom. The molecule has 0 spiro atoms. The van der Waals surface area contributed by atoms with Gasteiger partial charge in [0, 0.05) is 55.4 Å². The number of nitrogens with zero attached hydrogens (tertiary/aromatic N) is 7. The average Bonchev–Trinajstić information content (AvgIpc) is 3.51. The number of aromatic nitrogens is 4. The van der Waals surface area contributed by atoms with Crippen LogP contribution in [0, 0.1) is 5.82 Å². The van der Waals surface area contributed by atoms with E-state index in [0.717, 1.165) is 24.0 Å². The minimum absolute atomic E-state index is 0.0250. The summed E-state index contributed by atoms with van der Waals surface area (Å²) in [5.74, 6) is -0.658. The van der Waals surface area contributed by atoms with Gasteiger partial charge < -0.3 is 14.2 Å². The Morgan fingerprint density at radius 2 is 1.89 bits per heavy atom. The fourth-order valence-electron chi connectivity index (χ4n) is 4.23. The van der Waals surface area contributed by atoms with Crippen LogP contribution in [0.3, 0.4) is 0 Å². The third kappa shape index (κ3) is 4.66. The van der Waals surface area contributed by atoms with Crippen LogP contribution in [0.2, 0.25) is 0 Å². The smallest absolute Gasteiger partial charge is 0.324 e. The number of halogens is 2. The zero-order valence-electron chi connectivity index (χ0n) is 20.4. The first-order valence-corrected chi connectivity index (χ1v) is 11.7. The molecule has 1 atom stereocenters. The SMILES string of the molecule is CC(F)c1nnc(-c2ccc(CN(C(=O)N3CCN(C)CC3)c3ccc4cnn(C)c4c3)c(F)c2)o1. The zero-order chi connectivity index (χ0) is 25.4. The predicted molar refractivity (Wildman–Crippen MR) is 131 cm³/mol. The summed E-state index contributed by atoms with van der Waals surface area (Å²) in [5.41, 5.74) is 2.18. The second kappa shape index (κ2) is 9.65. The average molecular weight is 496 g/mol. The van der Waals surface area contributed by atoms with Gasteiger partial charge in [-0.1, -0.05) is 6.07 Å². The molecule has 0 radical (unpaired) electrons. The summed E-state index contributed by atoms with van der Waals surface area (Å²) in [4.78, 5) is 19.2. The van der Waals surface area contributed by atoms with Gasteiger partial charge >= 0.3 is 6.03 Å². The number of urea groups is 1. The fraction of sp³-hybridized carbons (Fsp3) is 0.360. The molecule has 36 heavy (non-hydrogen) atoms. The lowest BCUT2D eigenvalue weighted by molar-refractivity contribution is 0.159. The van der Waals surface area contributed by atoms with Crippen molar-refractivity contribution in [2.45, 2.75) is 19.6 Å². The Labute approximate surface area is 206 Å². The molecule has 188 valence electrons. The van der Waals surface area contributed by atoms with Gasteiger partial charge in [0.25, 0.3) is 5.89 Å². The molecule has 9 nitrogen and oxygen atoms in total. The number of alkyl halides is 1. The normalized spacial score (nSPS) is 15.4. The van der Waals surface area contributed by atoms with E-state index in [1.54, 1.807) is 32.8 Å². The molecule has 5 rings (SSSR count). The van der Waals surface area contributed by atoms with E-state index >= 15 is 4.39 Å². The maximum Gasteiger partial charge on any atom is 0.324 e. The minimum atomic E-state index is -1.42. The second-order valence-electron chi connectivity index (χ2n) is 9.04. The van der Waals surface area contributed by atoms with Crippen molar-refractivity contribution in [1.29, 1.82) is 0 Å². The first-order chi connectivity index (χ1) is 17.3. The number of carbonyl (C=O) groups excluding carboxylic acids is 1. The predicted octanol–water partition coefficient (Wildman–Crippen LogP) is 4.17. The number of anilines is 1. The van der Waals surface area contributed by atoms with Gasteiger partial charge in [-0.2, -0.15) is 5.10 Å². The molecule has 1 aliphatic heterocycles. The van der Waals surface area contributed by atoms with Crippen LogP contribution in [0.5, 0.6) is 0 Å². The topological polar surface area (TPSA) is 83.5 Å². The quantitative estimate of drug-likeness (QED) is 0.413. The van der Waals surface area contributed by atoms with Crippen molar-refractivity contribution >= 4 is 22.6 Å². The number of benzene rings is 2. The van der Waals surface area contributed by atoms with Crippen LogP contribution in [-0.2, 0) is 13.6 Å². The van der Waals surface area contributed by atoms with E-state index in [9.17, 15) is 9.18 Å². The Morgan fingerprint density at radius 3 is 2.58 bits per heavy atom. The van der Waals surface area contributed by atoms with Crippen molar-refractivity contribution in [3.8, 4) is 11.5 Å². The number of amides is 2. The Balaban J connectivity index is 1.47. The van der Waals surface area contributed by atoms with Crippen molar-refractivity contribution < 1.29 is 18.0 Å². The van der Waals surface area contributed by atoms with Gasteiger partial charge in [0.05, 0.1) is 18.3 Å². The maximum absolute atomic E-state index is 15.3. The number of aryl methyl sites for hydroxylation is 1. The fourth-order valence-corrected chi connectivity index (χ4v) is 4.23. The highest BCUT2D eigenvalue weighted by Gasteiger charge is 2.27. The largest absolute Gasteiger partial charge is 0.418 e. The van der Waals surface area contributed by atoms with E-state index in [-0.39, 0.29) is 24.4 Å². The van der Waals surface area contributed by atoms with E-state index in [4.69, 9.17) is 4.42 Å². The molecule has 2 aromatic heterocycles. The van der Waals surface area contributed by atoms with Crippen molar-refractivity contribution in [2.24, 2.45) is 7.05 Å². The highest BCUT2D eigenvalue weighted by atomic mass is 19.1. The van der Waals surface area contributed by atoms with Crippen molar-refractivity contribution in [3.63, 3.8) is 0 Å². The minimum Gasteiger partial charge on any atom is -0.418 e. The second-order valence-corrected chi connectivity index (χ2v) is 9.04. The molecule has 0 bridgehead atoms. The summed E-state index contributed by atoms with van der Waals surface area (Å²) >= 11 is 0. The van der Waals surface area contributed by atoms with Crippen LogP contribution in [0.4, 0.5) is 19.3 Å². The Kier molecular flexibility index (Phi) is 6.40. The van der Waals surface area contributed by atoms with E-state index in [2.05, 4.69) is 20.2 Å². The van der Waals surface area contributed by atoms with Crippen LogP contribution in [0.1, 0.15) is 24.5 Å². The van der Waals surface area contributed by atoms with Crippen molar-refractivity contribution in [2.75, 3.05) is 38.1 Å². The summed E-state index contributed by atoms with van der Waals surface area (Å²) in [6.07, 6.45) is 0.345. The standard InChI is InChI=1S/C25H27F2N7O2/c1-16(26)23-29-30-24(36-23)17-4-5-19(21(27)12-17)15-34(25(35)33-10-8-31(2)9-11-33)20-7-6-18-14-28-32(3)22(18)13-20/h4-7,12-14,16H,8-11,15H2,1-3H3. The summed E-state index contributed by atoms with van der Waals surface area (Å²) in [6, 6.07) is 9.93.